The third kappa shape index (κ3) is 4.35. The number of hydrogen-bond acceptors (Lipinski definition) is 4. The van der Waals surface area contributed by atoms with Gasteiger partial charge in [-0.25, -0.2) is 4.79 Å². The first kappa shape index (κ1) is 18.5. The number of nitrogens with one attached hydrogen (secondary N) is 1. The maximum Gasteiger partial charge on any atom is 0.349 e. The van der Waals surface area contributed by atoms with Gasteiger partial charge in [-0.15, -0.1) is 0 Å². The van der Waals surface area contributed by atoms with E-state index in [1.807, 2.05) is 60.7 Å². The summed E-state index contributed by atoms with van der Waals surface area (Å²) in [6, 6.07) is 26.0. The third-order valence-corrected chi connectivity index (χ3v) is 4.54. The lowest BCUT2D eigenvalue weighted by Gasteiger charge is -2.12. The van der Waals surface area contributed by atoms with E-state index < -0.39 is 11.5 Å². The largest absolute Gasteiger partial charge is 0.489 e. The molecule has 4 rings (SSSR count). The van der Waals surface area contributed by atoms with E-state index in [0.29, 0.717) is 23.3 Å². The van der Waals surface area contributed by atoms with Crippen LogP contribution in [0, 0.1) is 0 Å². The molecule has 0 atom stereocenters. The zero-order valence-corrected chi connectivity index (χ0v) is 15.6. The average molecular weight is 385 g/mol. The number of rotatable bonds is 6. The molecule has 0 aliphatic heterocycles. The zero-order chi connectivity index (χ0) is 20.1. The summed E-state index contributed by atoms with van der Waals surface area (Å²) in [7, 11) is 0. The molecular weight excluding hydrogens is 366 g/mol. The molecule has 5 nitrogen and oxygen atoms in total. The fourth-order valence-electron chi connectivity index (χ4n) is 3.02. The van der Waals surface area contributed by atoms with Crippen molar-refractivity contribution in [1.82, 2.24) is 5.32 Å². The van der Waals surface area contributed by atoms with E-state index in [0.717, 1.165) is 11.1 Å². The minimum atomic E-state index is -0.658. The molecule has 0 radical (unpaired) electrons. The number of fused-ring (bicyclic) bond motifs is 1. The van der Waals surface area contributed by atoms with Gasteiger partial charge in [-0.2, -0.15) is 0 Å². The van der Waals surface area contributed by atoms with Crippen LogP contribution in [-0.2, 0) is 13.2 Å². The second-order valence-corrected chi connectivity index (χ2v) is 6.55. The summed E-state index contributed by atoms with van der Waals surface area (Å²) in [5.74, 6) is 0.199. The monoisotopic (exact) mass is 385 g/mol. The highest BCUT2D eigenvalue weighted by atomic mass is 16.5. The fourth-order valence-corrected chi connectivity index (χ4v) is 3.02. The maximum atomic E-state index is 12.6. The smallest absolute Gasteiger partial charge is 0.349 e. The predicted molar refractivity (Wildman–Crippen MR) is 111 cm³/mol. The molecule has 0 saturated carbocycles. The van der Waals surface area contributed by atoms with Crippen molar-refractivity contribution in [2.24, 2.45) is 0 Å². The van der Waals surface area contributed by atoms with Crippen molar-refractivity contribution in [2.75, 3.05) is 0 Å². The number of benzene rings is 3. The highest BCUT2D eigenvalue weighted by Gasteiger charge is 2.14. The Morgan fingerprint density at radius 3 is 2.48 bits per heavy atom. The third-order valence-electron chi connectivity index (χ3n) is 4.54. The van der Waals surface area contributed by atoms with E-state index in [9.17, 15) is 9.59 Å². The molecule has 0 aliphatic carbocycles. The second-order valence-electron chi connectivity index (χ2n) is 6.55. The molecule has 144 valence electrons. The van der Waals surface area contributed by atoms with Gasteiger partial charge in [-0.05, 0) is 23.8 Å². The first-order valence-electron chi connectivity index (χ1n) is 9.26. The van der Waals surface area contributed by atoms with Crippen molar-refractivity contribution in [1.29, 1.82) is 0 Å². The van der Waals surface area contributed by atoms with Crippen molar-refractivity contribution < 1.29 is 13.9 Å². The molecule has 5 heteroatoms. The number of para-hydroxylation sites is 2. The van der Waals surface area contributed by atoms with Gasteiger partial charge in [0.15, 0.2) is 0 Å². The first-order valence-corrected chi connectivity index (χ1v) is 9.26. The molecule has 1 heterocycles. The number of ether oxygens (including phenoxy) is 1. The Bertz CT molecular complexity index is 1200. The van der Waals surface area contributed by atoms with E-state index in [4.69, 9.17) is 9.15 Å². The SMILES string of the molecule is O=C(NCc1ccccc1OCc1ccccc1)c1cc2ccccc2oc1=O. The van der Waals surface area contributed by atoms with Gasteiger partial charge in [0.05, 0.1) is 0 Å². The van der Waals surface area contributed by atoms with Crippen molar-refractivity contribution in [3.05, 3.63) is 112 Å². The summed E-state index contributed by atoms with van der Waals surface area (Å²) in [6.45, 7) is 0.663. The predicted octanol–water partition coefficient (Wildman–Crippen LogP) is 4.30. The van der Waals surface area contributed by atoms with Crippen molar-refractivity contribution >= 4 is 16.9 Å². The van der Waals surface area contributed by atoms with Crippen LogP contribution >= 0.6 is 0 Å². The summed E-state index contributed by atoms with van der Waals surface area (Å²) in [5, 5.41) is 3.48. The van der Waals surface area contributed by atoms with E-state index in [-0.39, 0.29) is 12.1 Å². The molecule has 0 fully saturated rings. The number of hydrogen-bond donors (Lipinski definition) is 1. The van der Waals surface area contributed by atoms with Crippen LogP contribution in [0.1, 0.15) is 21.5 Å². The maximum absolute atomic E-state index is 12.6. The van der Waals surface area contributed by atoms with Crippen LogP contribution in [0.25, 0.3) is 11.0 Å². The van der Waals surface area contributed by atoms with Crippen molar-refractivity contribution in [3.8, 4) is 5.75 Å². The second kappa shape index (κ2) is 8.44. The van der Waals surface area contributed by atoms with Gasteiger partial charge in [0.1, 0.15) is 23.5 Å². The van der Waals surface area contributed by atoms with E-state index in [1.54, 1.807) is 24.3 Å². The van der Waals surface area contributed by atoms with Crippen molar-refractivity contribution in [2.45, 2.75) is 13.2 Å². The van der Waals surface area contributed by atoms with Crippen LogP contribution in [-0.4, -0.2) is 5.91 Å². The van der Waals surface area contributed by atoms with Crippen molar-refractivity contribution in [3.63, 3.8) is 0 Å². The quantitative estimate of drug-likeness (QED) is 0.503. The van der Waals surface area contributed by atoms with Crippen LogP contribution in [0.4, 0.5) is 0 Å². The zero-order valence-electron chi connectivity index (χ0n) is 15.6. The molecule has 1 aromatic heterocycles. The Morgan fingerprint density at radius 1 is 0.897 bits per heavy atom. The Balaban J connectivity index is 1.47. The van der Waals surface area contributed by atoms with Gasteiger partial charge in [-0.1, -0.05) is 66.7 Å². The standard InChI is InChI=1S/C24H19NO4/c26-23(20-14-18-10-4-7-13-22(18)29-24(20)27)25-15-19-11-5-6-12-21(19)28-16-17-8-2-1-3-9-17/h1-14H,15-16H2,(H,25,26). The molecule has 3 aromatic carbocycles. The molecule has 29 heavy (non-hydrogen) atoms. The summed E-state index contributed by atoms with van der Waals surface area (Å²) in [4.78, 5) is 24.7. The summed E-state index contributed by atoms with van der Waals surface area (Å²) < 4.78 is 11.1. The van der Waals surface area contributed by atoms with Gasteiger partial charge < -0.3 is 14.5 Å². The fraction of sp³-hybridized carbons (Fsp3) is 0.0833. The lowest BCUT2D eigenvalue weighted by Crippen LogP contribution is -2.28. The van der Waals surface area contributed by atoms with Gasteiger partial charge in [0.2, 0.25) is 0 Å². The average Bonchev–Trinajstić information content (AvgIpc) is 2.77. The Morgan fingerprint density at radius 2 is 1.62 bits per heavy atom. The van der Waals surface area contributed by atoms with Crippen LogP contribution in [0.2, 0.25) is 0 Å². The van der Waals surface area contributed by atoms with Gasteiger partial charge in [-0.3, -0.25) is 4.79 Å². The van der Waals surface area contributed by atoms with Crippen LogP contribution < -0.4 is 15.7 Å². The topological polar surface area (TPSA) is 68.5 Å². The normalized spacial score (nSPS) is 10.6. The molecular formula is C24H19NO4. The summed E-state index contributed by atoms with van der Waals surface area (Å²) >= 11 is 0. The molecule has 0 aliphatic rings. The molecule has 1 amide bonds. The Labute approximate surface area is 167 Å². The number of carbonyl (C=O) groups is 1. The molecule has 4 aromatic rings. The lowest BCUT2D eigenvalue weighted by molar-refractivity contribution is 0.0947. The Hall–Kier alpha value is -3.86. The minimum absolute atomic E-state index is 0.0219. The molecule has 0 unspecified atom stereocenters. The Kier molecular flexibility index (Phi) is 5.38. The summed E-state index contributed by atoms with van der Waals surface area (Å²) in [5.41, 5.74) is 1.65. The van der Waals surface area contributed by atoms with E-state index in [2.05, 4.69) is 5.32 Å². The van der Waals surface area contributed by atoms with Gasteiger partial charge in [0, 0.05) is 17.5 Å². The van der Waals surface area contributed by atoms with Gasteiger partial charge in [0.25, 0.3) is 5.91 Å². The highest BCUT2D eigenvalue weighted by molar-refractivity contribution is 5.96. The van der Waals surface area contributed by atoms with Crippen LogP contribution in [0.3, 0.4) is 0 Å². The van der Waals surface area contributed by atoms with Crippen LogP contribution in [0.5, 0.6) is 5.75 Å². The summed E-state index contributed by atoms with van der Waals surface area (Å²) in [6.07, 6.45) is 0. The number of amides is 1. The van der Waals surface area contributed by atoms with E-state index >= 15 is 0 Å². The molecule has 0 bridgehead atoms. The van der Waals surface area contributed by atoms with Gasteiger partial charge >= 0.3 is 5.63 Å². The van der Waals surface area contributed by atoms with Crippen LogP contribution in [0.15, 0.2) is 94.1 Å². The van der Waals surface area contributed by atoms with E-state index in [1.165, 1.54) is 0 Å². The first-order chi connectivity index (χ1) is 14.2. The number of carbonyl (C=O) groups excluding carboxylic acids is 1. The molecule has 1 N–H and O–H groups in total. The lowest BCUT2D eigenvalue weighted by atomic mass is 10.1. The highest BCUT2D eigenvalue weighted by Crippen LogP contribution is 2.19. The molecule has 0 saturated heterocycles. The minimum Gasteiger partial charge on any atom is -0.489 e. The molecule has 0 spiro atoms.